The minimum Gasteiger partial charge on any atom is -0.310 e. The van der Waals surface area contributed by atoms with Gasteiger partial charge in [0, 0.05) is 49.7 Å². The predicted molar refractivity (Wildman–Crippen MR) is 81.6 cm³/mol. The molecule has 5 heteroatoms. The number of likely N-dealkylation sites (N-methyl/N-ethyl adjacent to an activating group) is 2. The summed E-state index contributed by atoms with van der Waals surface area (Å²) < 4.78 is 0. The highest BCUT2D eigenvalue weighted by Crippen LogP contribution is 2.21. The van der Waals surface area contributed by atoms with Crippen LogP contribution in [0.25, 0.3) is 0 Å². The maximum Gasteiger partial charge on any atom is 0.115 e. The first-order valence-corrected chi connectivity index (χ1v) is 7.57. The third-order valence-electron chi connectivity index (χ3n) is 4.11. The van der Waals surface area contributed by atoms with Crippen molar-refractivity contribution in [1.29, 1.82) is 0 Å². The van der Waals surface area contributed by atoms with Crippen LogP contribution in [0.1, 0.15) is 31.4 Å². The van der Waals surface area contributed by atoms with Gasteiger partial charge in [0.2, 0.25) is 0 Å². The van der Waals surface area contributed by atoms with Crippen molar-refractivity contribution in [3.63, 3.8) is 0 Å². The van der Waals surface area contributed by atoms with Crippen molar-refractivity contribution in [2.45, 2.75) is 31.8 Å². The Balaban J connectivity index is 2.03. The Hall–Kier alpha value is -1.04. The van der Waals surface area contributed by atoms with Gasteiger partial charge in [-0.1, -0.05) is 6.92 Å². The molecule has 1 aliphatic heterocycles. The molecule has 0 radical (unpaired) electrons. The van der Waals surface area contributed by atoms with Crippen molar-refractivity contribution < 1.29 is 0 Å². The van der Waals surface area contributed by atoms with E-state index in [1.807, 2.05) is 12.4 Å². The summed E-state index contributed by atoms with van der Waals surface area (Å²) in [6.45, 7) is 6.67. The van der Waals surface area contributed by atoms with Gasteiger partial charge in [0.15, 0.2) is 0 Å². The second-order valence-electron chi connectivity index (χ2n) is 5.81. The quantitative estimate of drug-likeness (QED) is 0.845. The number of hydrogen-bond acceptors (Lipinski definition) is 5. The second kappa shape index (κ2) is 7.67. The summed E-state index contributed by atoms with van der Waals surface area (Å²) in [6, 6.07) is 0.929. The monoisotopic (exact) mass is 277 g/mol. The van der Waals surface area contributed by atoms with E-state index in [2.05, 4.69) is 46.1 Å². The number of aromatic nitrogens is 2. The average Bonchev–Trinajstić information content (AvgIpc) is 2.48. The van der Waals surface area contributed by atoms with Gasteiger partial charge in [0.25, 0.3) is 0 Å². The number of nitrogens with one attached hydrogen (secondary N) is 1. The fraction of sp³-hybridized carbons (Fsp3) is 0.733. The zero-order valence-electron chi connectivity index (χ0n) is 12.9. The first-order valence-electron chi connectivity index (χ1n) is 7.57. The summed E-state index contributed by atoms with van der Waals surface area (Å²) in [5.41, 5.74) is 1.20. The molecule has 0 aromatic carbocycles. The van der Waals surface area contributed by atoms with Crippen molar-refractivity contribution in [2.75, 3.05) is 40.3 Å². The molecule has 1 fully saturated rings. The average molecular weight is 277 g/mol. The van der Waals surface area contributed by atoms with Crippen molar-refractivity contribution in [1.82, 2.24) is 25.1 Å². The molecule has 0 aliphatic carbocycles. The van der Waals surface area contributed by atoms with Crippen LogP contribution in [0.5, 0.6) is 0 Å². The Morgan fingerprint density at radius 3 is 2.75 bits per heavy atom. The summed E-state index contributed by atoms with van der Waals surface area (Å²) in [4.78, 5) is 13.2. The second-order valence-corrected chi connectivity index (χ2v) is 5.81. The number of hydrogen-bond donors (Lipinski definition) is 1. The van der Waals surface area contributed by atoms with E-state index in [0.29, 0.717) is 12.1 Å². The molecule has 112 valence electrons. The molecule has 2 atom stereocenters. The first-order chi connectivity index (χ1) is 9.70. The van der Waals surface area contributed by atoms with Gasteiger partial charge in [-0.15, -0.1) is 0 Å². The van der Waals surface area contributed by atoms with Crippen LogP contribution in [0.2, 0.25) is 0 Å². The minimum absolute atomic E-state index is 0.343. The van der Waals surface area contributed by atoms with Crippen LogP contribution in [0, 0.1) is 0 Å². The molecule has 1 aliphatic rings. The van der Waals surface area contributed by atoms with E-state index in [-0.39, 0.29) is 0 Å². The number of rotatable bonds is 6. The molecule has 1 saturated heterocycles. The topological polar surface area (TPSA) is 44.3 Å². The number of piperazine rings is 1. The van der Waals surface area contributed by atoms with E-state index in [1.54, 1.807) is 6.33 Å². The molecular formula is C15H27N5. The van der Waals surface area contributed by atoms with Gasteiger partial charge in [-0.05, 0) is 33.5 Å². The van der Waals surface area contributed by atoms with E-state index in [1.165, 1.54) is 5.56 Å². The standard InChI is InChI=1S/C15H27N5/c1-4-5-18-15(13-9-16-12-17-10-13)8-14-11-19(2)6-7-20(14)3/h9-10,12,14-15,18H,4-8,11H2,1-3H3. The molecule has 20 heavy (non-hydrogen) atoms. The maximum atomic E-state index is 4.17. The van der Waals surface area contributed by atoms with E-state index < -0.39 is 0 Å². The first kappa shape index (κ1) is 15.4. The van der Waals surface area contributed by atoms with Crippen molar-refractivity contribution >= 4 is 0 Å². The Kier molecular flexibility index (Phi) is 5.88. The Bertz CT molecular complexity index is 383. The molecule has 1 aromatic heterocycles. The van der Waals surface area contributed by atoms with Gasteiger partial charge in [-0.25, -0.2) is 9.97 Å². The smallest absolute Gasteiger partial charge is 0.115 e. The lowest BCUT2D eigenvalue weighted by Gasteiger charge is -2.39. The van der Waals surface area contributed by atoms with Gasteiger partial charge in [-0.2, -0.15) is 0 Å². The lowest BCUT2D eigenvalue weighted by molar-refractivity contribution is 0.101. The van der Waals surface area contributed by atoms with Gasteiger partial charge in [0.1, 0.15) is 6.33 Å². The van der Waals surface area contributed by atoms with Crippen LogP contribution in [0.3, 0.4) is 0 Å². The SMILES string of the molecule is CCCNC(CC1CN(C)CCN1C)c1cncnc1. The highest BCUT2D eigenvalue weighted by Gasteiger charge is 2.25. The van der Waals surface area contributed by atoms with Crippen LogP contribution >= 0.6 is 0 Å². The molecule has 0 spiro atoms. The predicted octanol–water partition coefficient (Wildman–Crippen LogP) is 1.15. The molecule has 2 heterocycles. The van der Waals surface area contributed by atoms with Crippen LogP contribution in [0.4, 0.5) is 0 Å². The van der Waals surface area contributed by atoms with E-state index >= 15 is 0 Å². The van der Waals surface area contributed by atoms with Crippen molar-refractivity contribution in [2.24, 2.45) is 0 Å². The van der Waals surface area contributed by atoms with Gasteiger partial charge in [-0.3, -0.25) is 0 Å². The van der Waals surface area contributed by atoms with Crippen molar-refractivity contribution in [3.8, 4) is 0 Å². The molecule has 0 bridgehead atoms. The van der Waals surface area contributed by atoms with E-state index in [9.17, 15) is 0 Å². The van der Waals surface area contributed by atoms with Crippen LogP contribution in [-0.2, 0) is 0 Å². The number of nitrogens with zero attached hydrogens (tertiary/aromatic N) is 4. The summed E-state index contributed by atoms with van der Waals surface area (Å²) in [5.74, 6) is 0. The Morgan fingerprint density at radius 2 is 2.05 bits per heavy atom. The highest BCUT2D eigenvalue weighted by molar-refractivity contribution is 5.10. The molecular weight excluding hydrogens is 250 g/mol. The zero-order chi connectivity index (χ0) is 14.4. The molecule has 2 unspecified atom stereocenters. The summed E-state index contributed by atoms with van der Waals surface area (Å²) >= 11 is 0. The van der Waals surface area contributed by atoms with Gasteiger partial charge < -0.3 is 15.1 Å². The van der Waals surface area contributed by atoms with Crippen molar-refractivity contribution in [3.05, 3.63) is 24.3 Å². The minimum atomic E-state index is 0.343. The summed E-state index contributed by atoms with van der Waals surface area (Å²) in [7, 11) is 4.44. The lowest BCUT2D eigenvalue weighted by Crippen LogP contribution is -2.51. The summed E-state index contributed by atoms with van der Waals surface area (Å²) in [6.07, 6.45) is 7.72. The third kappa shape index (κ3) is 4.23. The van der Waals surface area contributed by atoms with E-state index in [4.69, 9.17) is 0 Å². The molecule has 1 aromatic rings. The van der Waals surface area contributed by atoms with E-state index in [0.717, 1.165) is 39.0 Å². The lowest BCUT2D eigenvalue weighted by atomic mass is 9.99. The molecule has 0 amide bonds. The fourth-order valence-corrected chi connectivity index (χ4v) is 2.77. The van der Waals surface area contributed by atoms with Crippen LogP contribution in [0.15, 0.2) is 18.7 Å². The molecule has 1 N–H and O–H groups in total. The zero-order valence-corrected chi connectivity index (χ0v) is 12.9. The Labute approximate surface area is 122 Å². The normalized spacial score (nSPS) is 22.9. The van der Waals surface area contributed by atoms with Gasteiger partial charge in [0.05, 0.1) is 0 Å². The highest BCUT2D eigenvalue weighted by atomic mass is 15.3. The fourth-order valence-electron chi connectivity index (χ4n) is 2.77. The maximum absolute atomic E-state index is 4.17. The summed E-state index contributed by atoms with van der Waals surface area (Å²) in [5, 5.41) is 3.64. The van der Waals surface area contributed by atoms with Gasteiger partial charge >= 0.3 is 0 Å². The third-order valence-corrected chi connectivity index (χ3v) is 4.11. The van der Waals surface area contributed by atoms with Crippen LogP contribution < -0.4 is 5.32 Å². The van der Waals surface area contributed by atoms with Crippen LogP contribution in [-0.4, -0.2) is 66.1 Å². The molecule has 2 rings (SSSR count). The molecule has 0 saturated carbocycles. The Morgan fingerprint density at radius 1 is 1.30 bits per heavy atom. The molecule has 5 nitrogen and oxygen atoms in total. The largest absolute Gasteiger partial charge is 0.310 e.